The van der Waals surface area contributed by atoms with Crippen molar-refractivity contribution in [2.45, 2.75) is 39.5 Å². The number of unbranched alkanes of at least 4 members (excludes halogenated alkanes) is 2. The molecule has 0 aromatic carbocycles. The van der Waals surface area contributed by atoms with E-state index in [-0.39, 0.29) is 0 Å². The average molecular weight is 213 g/mol. The first-order valence-corrected chi connectivity index (χ1v) is 6.16. The molecule has 0 bridgehead atoms. The lowest BCUT2D eigenvalue weighted by Gasteiger charge is -2.07. The molecule has 0 unspecified atom stereocenters. The van der Waals surface area contributed by atoms with E-state index in [1.54, 1.807) is 0 Å². The van der Waals surface area contributed by atoms with E-state index in [4.69, 9.17) is 4.74 Å². The minimum absolute atomic E-state index is 0.757. The van der Waals surface area contributed by atoms with Gasteiger partial charge in [0.15, 0.2) is 0 Å². The summed E-state index contributed by atoms with van der Waals surface area (Å²) in [5, 5.41) is 3.44. The molecule has 15 heavy (non-hydrogen) atoms. The van der Waals surface area contributed by atoms with Crippen LogP contribution in [0.2, 0.25) is 0 Å². The molecule has 2 nitrogen and oxygen atoms in total. The lowest BCUT2D eigenvalue weighted by molar-refractivity contribution is 0.134. The Bertz CT molecular complexity index is 134. The largest absolute Gasteiger partial charge is 0.381 e. The lowest BCUT2D eigenvalue weighted by atomic mass is 10.2. The summed E-state index contributed by atoms with van der Waals surface area (Å²) >= 11 is 0. The van der Waals surface area contributed by atoms with Crippen LogP contribution < -0.4 is 5.32 Å². The predicted octanol–water partition coefficient (Wildman–Crippen LogP) is 3.00. The first-order valence-electron chi connectivity index (χ1n) is 6.16. The van der Waals surface area contributed by atoms with Gasteiger partial charge in [-0.3, -0.25) is 0 Å². The van der Waals surface area contributed by atoms with Crippen molar-refractivity contribution in [2.75, 3.05) is 26.3 Å². The maximum Gasteiger partial charge on any atom is 0.0500 e. The topological polar surface area (TPSA) is 21.3 Å². The standard InChI is InChI=1S/C13H27NO/c1-4-5-10-15-11-8-6-7-9-14-12-13(2)3/h4,13-14H,1,5-12H2,2-3H3. The minimum Gasteiger partial charge on any atom is -0.381 e. The van der Waals surface area contributed by atoms with Crippen molar-refractivity contribution < 1.29 is 4.74 Å². The van der Waals surface area contributed by atoms with Crippen LogP contribution in [0.15, 0.2) is 12.7 Å². The van der Waals surface area contributed by atoms with Gasteiger partial charge in [0.25, 0.3) is 0 Å². The van der Waals surface area contributed by atoms with Crippen molar-refractivity contribution in [2.24, 2.45) is 5.92 Å². The normalized spacial score (nSPS) is 10.9. The van der Waals surface area contributed by atoms with Gasteiger partial charge in [0, 0.05) is 13.2 Å². The van der Waals surface area contributed by atoms with Crippen LogP contribution in [0.25, 0.3) is 0 Å². The predicted molar refractivity (Wildman–Crippen MR) is 67.2 cm³/mol. The monoisotopic (exact) mass is 213 g/mol. The molecule has 0 saturated carbocycles. The molecule has 0 aromatic heterocycles. The quantitative estimate of drug-likeness (QED) is 0.421. The van der Waals surface area contributed by atoms with Crippen molar-refractivity contribution in [3.63, 3.8) is 0 Å². The molecular formula is C13H27NO. The van der Waals surface area contributed by atoms with Gasteiger partial charge in [0.05, 0.1) is 0 Å². The molecule has 0 aliphatic heterocycles. The Kier molecular flexibility index (Phi) is 11.5. The maximum atomic E-state index is 5.43. The molecule has 0 spiro atoms. The Labute approximate surface area is 95.1 Å². The highest BCUT2D eigenvalue weighted by molar-refractivity contribution is 4.64. The van der Waals surface area contributed by atoms with Gasteiger partial charge in [-0.15, -0.1) is 6.58 Å². The molecule has 0 rings (SSSR count). The second-order valence-corrected chi connectivity index (χ2v) is 4.35. The molecule has 0 heterocycles. The van der Waals surface area contributed by atoms with Gasteiger partial charge in [-0.1, -0.05) is 19.9 Å². The summed E-state index contributed by atoms with van der Waals surface area (Å²) in [7, 11) is 0. The molecule has 90 valence electrons. The van der Waals surface area contributed by atoms with E-state index < -0.39 is 0 Å². The molecule has 1 N–H and O–H groups in total. The highest BCUT2D eigenvalue weighted by Gasteiger charge is 1.93. The van der Waals surface area contributed by atoms with Gasteiger partial charge in [0.1, 0.15) is 0 Å². The Morgan fingerprint density at radius 3 is 2.67 bits per heavy atom. The maximum absolute atomic E-state index is 5.43. The van der Waals surface area contributed by atoms with Gasteiger partial charge >= 0.3 is 0 Å². The molecule has 0 aromatic rings. The molecule has 0 atom stereocenters. The number of hydrogen-bond acceptors (Lipinski definition) is 2. The lowest BCUT2D eigenvalue weighted by Crippen LogP contribution is -2.20. The third kappa shape index (κ3) is 13.7. The molecule has 0 fully saturated rings. The smallest absolute Gasteiger partial charge is 0.0500 e. The summed E-state index contributed by atoms with van der Waals surface area (Å²) in [5.41, 5.74) is 0. The fraction of sp³-hybridized carbons (Fsp3) is 0.846. The fourth-order valence-electron chi connectivity index (χ4n) is 1.29. The minimum atomic E-state index is 0.757. The van der Waals surface area contributed by atoms with Crippen LogP contribution in [0.3, 0.4) is 0 Å². The van der Waals surface area contributed by atoms with Crippen LogP contribution in [-0.2, 0) is 4.74 Å². The molecular weight excluding hydrogens is 186 g/mol. The van der Waals surface area contributed by atoms with E-state index in [0.29, 0.717) is 0 Å². The van der Waals surface area contributed by atoms with Gasteiger partial charge < -0.3 is 10.1 Å². The SMILES string of the molecule is C=CCCOCCCCCNCC(C)C. The fourth-order valence-corrected chi connectivity index (χ4v) is 1.29. The summed E-state index contributed by atoms with van der Waals surface area (Å²) in [5.74, 6) is 0.757. The molecule has 0 saturated heterocycles. The average Bonchev–Trinajstić information content (AvgIpc) is 2.20. The summed E-state index contributed by atoms with van der Waals surface area (Å²) in [4.78, 5) is 0. The van der Waals surface area contributed by atoms with Crippen LogP contribution in [0, 0.1) is 5.92 Å². The van der Waals surface area contributed by atoms with Crippen molar-refractivity contribution in [3.8, 4) is 0 Å². The molecule has 0 amide bonds. The van der Waals surface area contributed by atoms with Crippen molar-refractivity contribution in [3.05, 3.63) is 12.7 Å². The zero-order valence-electron chi connectivity index (χ0n) is 10.4. The van der Waals surface area contributed by atoms with Crippen molar-refractivity contribution in [1.29, 1.82) is 0 Å². The zero-order chi connectivity index (χ0) is 11.4. The van der Waals surface area contributed by atoms with Gasteiger partial charge in [-0.05, 0) is 44.7 Å². The Hall–Kier alpha value is -0.340. The molecule has 2 heteroatoms. The van der Waals surface area contributed by atoms with Crippen molar-refractivity contribution >= 4 is 0 Å². The third-order valence-corrected chi connectivity index (χ3v) is 2.16. The summed E-state index contributed by atoms with van der Waals surface area (Å²) in [6.45, 7) is 12.1. The second kappa shape index (κ2) is 11.7. The highest BCUT2D eigenvalue weighted by atomic mass is 16.5. The van der Waals surface area contributed by atoms with Crippen LogP contribution in [0.1, 0.15) is 39.5 Å². The third-order valence-electron chi connectivity index (χ3n) is 2.16. The first-order chi connectivity index (χ1) is 7.27. The Balaban J connectivity index is 2.89. The van der Waals surface area contributed by atoms with E-state index >= 15 is 0 Å². The van der Waals surface area contributed by atoms with Gasteiger partial charge in [-0.25, -0.2) is 0 Å². The number of nitrogens with one attached hydrogen (secondary N) is 1. The first kappa shape index (κ1) is 14.7. The van der Waals surface area contributed by atoms with E-state index in [1.807, 2.05) is 6.08 Å². The van der Waals surface area contributed by atoms with E-state index in [0.717, 1.165) is 38.6 Å². The zero-order valence-corrected chi connectivity index (χ0v) is 10.4. The van der Waals surface area contributed by atoms with Crippen LogP contribution in [0.5, 0.6) is 0 Å². The van der Waals surface area contributed by atoms with Gasteiger partial charge in [0.2, 0.25) is 0 Å². The molecule has 0 radical (unpaired) electrons. The highest BCUT2D eigenvalue weighted by Crippen LogP contribution is 1.96. The number of rotatable bonds is 11. The second-order valence-electron chi connectivity index (χ2n) is 4.35. The molecule has 0 aliphatic carbocycles. The Morgan fingerprint density at radius 2 is 2.00 bits per heavy atom. The number of ether oxygens (including phenoxy) is 1. The summed E-state index contributed by atoms with van der Waals surface area (Å²) in [6.07, 6.45) is 6.57. The van der Waals surface area contributed by atoms with Crippen molar-refractivity contribution in [1.82, 2.24) is 5.32 Å². The summed E-state index contributed by atoms with van der Waals surface area (Å²) in [6, 6.07) is 0. The van der Waals surface area contributed by atoms with E-state index in [9.17, 15) is 0 Å². The number of hydrogen-bond donors (Lipinski definition) is 1. The Morgan fingerprint density at radius 1 is 1.20 bits per heavy atom. The van der Waals surface area contributed by atoms with Crippen LogP contribution >= 0.6 is 0 Å². The molecule has 0 aliphatic rings. The van der Waals surface area contributed by atoms with E-state index in [2.05, 4.69) is 25.7 Å². The van der Waals surface area contributed by atoms with E-state index in [1.165, 1.54) is 19.3 Å². The van der Waals surface area contributed by atoms with Gasteiger partial charge in [-0.2, -0.15) is 0 Å². The summed E-state index contributed by atoms with van der Waals surface area (Å²) < 4.78 is 5.43. The van der Waals surface area contributed by atoms with Crippen LogP contribution in [-0.4, -0.2) is 26.3 Å². The van der Waals surface area contributed by atoms with Crippen LogP contribution in [0.4, 0.5) is 0 Å².